The summed E-state index contributed by atoms with van der Waals surface area (Å²) in [4.78, 5) is 12.0. The molecule has 7 nitrogen and oxygen atoms in total. The van der Waals surface area contributed by atoms with E-state index < -0.39 is 6.10 Å². The summed E-state index contributed by atoms with van der Waals surface area (Å²) in [6.45, 7) is 2.15. The zero-order chi connectivity index (χ0) is 16.1. The first-order valence-electron chi connectivity index (χ1n) is 7.46. The molecule has 0 spiro atoms. The van der Waals surface area contributed by atoms with E-state index in [9.17, 15) is 4.79 Å². The number of nitrogens with one attached hydrogen (secondary N) is 2. The van der Waals surface area contributed by atoms with Crippen LogP contribution < -0.4 is 15.4 Å². The van der Waals surface area contributed by atoms with Crippen molar-refractivity contribution in [2.24, 2.45) is 0 Å². The smallest absolute Gasteiger partial charge is 0.250 e. The summed E-state index contributed by atoms with van der Waals surface area (Å²) in [6.07, 6.45) is -0.447. The second-order valence-electron chi connectivity index (χ2n) is 5.19. The molecule has 8 heteroatoms. The van der Waals surface area contributed by atoms with Crippen LogP contribution in [0.5, 0.6) is 5.75 Å². The number of carbonyl (C=O) groups is 1. The van der Waals surface area contributed by atoms with Gasteiger partial charge in [0.15, 0.2) is 5.76 Å². The molecule has 1 aromatic heterocycles. The van der Waals surface area contributed by atoms with Crippen molar-refractivity contribution in [3.8, 4) is 17.1 Å². The molecule has 130 valence electrons. The van der Waals surface area contributed by atoms with Gasteiger partial charge in [-0.1, -0.05) is 5.16 Å². The number of halogens is 1. The molecule has 1 unspecified atom stereocenters. The van der Waals surface area contributed by atoms with Gasteiger partial charge in [0, 0.05) is 24.7 Å². The predicted molar refractivity (Wildman–Crippen MR) is 90.2 cm³/mol. The van der Waals surface area contributed by atoms with Gasteiger partial charge in [0.25, 0.3) is 5.91 Å². The Morgan fingerprint density at radius 3 is 2.88 bits per heavy atom. The maximum absolute atomic E-state index is 12.0. The summed E-state index contributed by atoms with van der Waals surface area (Å²) < 4.78 is 15.8. The van der Waals surface area contributed by atoms with Crippen molar-refractivity contribution in [3.63, 3.8) is 0 Å². The Bertz CT molecular complexity index is 654. The van der Waals surface area contributed by atoms with Crippen LogP contribution in [0, 0.1) is 0 Å². The Morgan fingerprint density at radius 1 is 1.42 bits per heavy atom. The number of ether oxygens (including phenoxy) is 2. The molecule has 1 aliphatic rings. The van der Waals surface area contributed by atoms with Gasteiger partial charge >= 0.3 is 0 Å². The lowest BCUT2D eigenvalue weighted by atomic mass is 10.1. The Labute approximate surface area is 146 Å². The number of rotatable bonds is 5. The van der Waals surface area contributed by atoms with E-state index in [2.05, 4.69) is 15.8 Å². The van der Waals surface area contributed by atoms with E-state index in [1.165, 1.54) is 0 Å². The minimum absolute atomic E-state index is 0. The molecule has 2 heterocycles. The highest BCUT2D eigenvalue weighted by atomic mass is 35.5. The van der Waals surface area contributed by atoms with Gasteiger partial charge in [-0.15, -0.1) is 12.4 Å². The molecule has 1 fully saturated rings. The summed E-state index contributed by atoms with van der Waals surface area (Å²) in [5, 5.41) is 9.90. The van der Waals surface area contributed by atoms with Gasteiger partial charge in [0.05, 0.1) is 20.3 Å². The molecule has 0 bridgehead atoms. The van der Waals surface area contributed by atoms with Crippen molar-refractivity contribution in [2.45, 2.75) is 12.6 Å². The first kappa shape index (κ1) is 18.3. The Morgan fingerprint density at radius 2 is 2.21 bits per heavy atom. The zero-order valence-electron chi connectivity index (χ0n) is 13.3. The number of amides is 1. The number of hydrogen-bond donors (Lipinski definition) is 2. The molecule has 24 heavy (non-hydrogen) atoms. The topological polar surface area (TPSA) is 85.6 Å². The number of aromatic nitrogens is 1. The maximum Gasteiger partial charge on any atom is 0.250 e. The monoisotopic (exact) mass is 353 g/mol. The molecule has 1 saturated heterocycles. The summed E-state index contributed by atoms with van der Waals surface area (Å²) >= 11 is 0. The lowest BCUT2D eigenvalue weighted by Gasteiger charge is -2.22. The number of nitrogens with zero attached hydrogens (tertiary/aromatic N) is 1. The first-order valence-corrected chi connectivity index (χ1v) is 7.46. The summed E-state index contributed by atoms with van der Waals surface area (Å²) in [7, 11) is 1.62. The minimum Gasteiger partial charge on any atom is -0.497 e. The summed E-state index contributed by atoms with van der Waals surface area (Å²) in [6, 6.07) is 9.30. The molecule has 2 N–H and O–H groups in total. The molecule has 3 rings (SSSR count). The molecule has 1 amide bonds. The summed E-state index contributed by atoms with van der Waals surface area (Å²) in [5.41, 5.74) is 1.56. The lowest BCUT2D eigenvalue weighted by molar-refractivity contribution is -0.134. The van der Waals surface area contributed by atoms with Crippen LogP contribution in [0.2, 0.25) is 0 Å². The number of benzene rings is 1. The van der Waals surface area contributed by atoms with Crippen LogP contribution >= 0.6 is 12.4 Å². The number of methoxy groups -OCH3 is 1. The SMILES string of the molecule is COc1ccc(-c2cc(CNC(=O)C3CNCCO3)no2)cc1.Cl. The summed E-state index contributed by atoms with van der Waals surface area (Å²) in [5.74, 6) is 1.28. The van der Waals surface area contributed by atoms with E-state index in [-0.39, 0.29) is 18.3 Å². The van der Waals surface area contributed by atoms with E-state index >= 15 is 0 Å². The largest absolute Gasteiger partial charge is 0.497 e. The van der Waals surface area contributed by atoms with Crippen molar-refractivity contribution in [3.05, 3.63) is 36.0 Å². The number of hydrogen-bond acceptors (Lipinski definition) is 6. The predicted octanol–water partition coefficient (Wildman–Crippen LogP) is 1.38. The lowest BCUT2D eigenvalue weighted by Crippen LogP contribution is -2.47. The fourth-order valence-electron chi connectivity index (χ4n) is 2.31. The van der Waals surface area contributed by atoms with Crippen molar-refractivity contribution >= 4 is 18.3 Å². The van der Waals surface area contributed by atoms with Crippen LogP contribution in [0.3, 0.4) is 0 Å². The number of morpholine rings is 1. The average Bonchev–Trinajstić information content (AvgIpc) is 3.09. The molecule has 1 atom stereocenters. The van der Waals surface area contributed by atoms with E-state index in [0.717, 1.165) is 17.9 Å². The highest BCUT2D eigenvalue weighted by Gasteiger charge is 2.21. The fraction of sp³-hybridized carbons (Fsp3) is 0.375. The van der Waals surface area contributed by atoms with Crippen LogP contribution in [0.25, 0.3) is 11.3 Å². The van der Waals surface area contributed by atoms with Gasteiger partial charge in [0.2, 0.25) is 0 Å². The van der Waals surface area contributed by atoms with Gasteiger partial charge in [-0.05, 0) is 24.3 Å². The van der Waals surface area contributed by atoms with E-state index in [1.54, 1.807) is 7.11 Å². The molecule has 1 aliphatic heterocycles. The van der Waals surface area contributed by atoms with Crippen molar-refractivity contribution in [1.82, 2.24) is 15.8 Å². The van der Waals surface area contributed by atoms with E-state index in [0.29, 0.717) is 31.2 Å². The first-order chi connectivity index (χ1) is 11.3. The van der Waals surface area contributed by atoms with Gasteiger partial charge in [-0.3, -0.25) is 4.79 Å². The third-order valence-electron chi connectivity index (χ3n) is 3.60. The second kappa shape index (κ2) is 8.68. The molecule has 0 radical (unpaired) electrons. The van der Waals surface area contributed by atoms with Crippen LogP contribution in [0.4, 0.5) is 0 Å². The van der Waals surface area contributed by atoms with Crippen LogP contribution in [-0.4, -0.2) is 44.0 Å². The highest BCUT2D eigenvalue weighted by Crippen LogP contribution is 2.23. The van der Waals surface area contributed by atoms with Gasteiger partial charge in [0.1, 0.15) is 17.5 Å². The molecule has 1 aromatic carbocycles. The molecule has 2 aromatic rings. The standard InChI is InChI=1S/C16H19N3O4.ClH/c1-21-13-4-2-11(3-5-13)14-8-12(19-23-14)9-18-16(20)15-10-17-6-7-22-15;/h2-5,8,15,17H,6-7,9-10H2,1H3,(H,18,20);1H. The highest BCUT2D eigenvalue weighted by molar-refractivity contribution is 5.85. The molecule has 0 aliphatic carbocycles. The van der Waals surface area contributed by atoms with Gasteiger partial charge < -0.3 is 24.6 Å². The van der Waals surface area contributed by atoms with E-state index in [4.69, 9.17) is 14.0 Å². The van der Waals surface area contributed by atoms with Gasteiger partial charge in [-0.2, -0.15) is 0 Å². The van der Waals surface area contributed by atoms with Gasteiger partial charge in [-0.25, -0.2) is 0 Å². The Kier molecular flexibility index (Phi) is 6.60. The van der Waals surface area contributed by atoms with Crippen LogP contribution in [-0.2, 0) is 16.1 Å². The normalized spacial score (nSPS) is 17.0. The quantitative estimate of drug-likeness (QED) is 0.844. The number of carbonyl (C=O) groups excluding carboxylic acids is 1. The third kappa shape index (κ3) is 4.47. The Balaban J connectivity index is 0.00000208. The maximum atomic E-state index is 12.0. The molecular formula is C16H20ClN3O4. The average molecular weight is 354 g/mol. The zero-order valence-corrected chi connectivity index (χ0v) is 14.1. The van der Waals surface area contributed by atoms with E-state index in [1.807, 2.05) is 30.3 Å². The third-order valence-corrected chi connectivity index (χ3v) is 3.60. The van der Waals surface area contributed by atoms with Crippen LogP contribution in [0.1, 0.15) is 5.69 Å². The Hall–Kier alpha value is -2.09. The minimum atomic E-state index is -0.447. The van der Waals surface area contributed by atoms with Crippen LogP contribution in [0.15, 0.2) is 34.9 Å². The molecular weight excluding hydrogens is 334 g/mol. The van der Waals surface area contributed by atoms with Crippen molar-refractivity contribution in [1.29, 1.82) is 0 Å². The van der Waals surface area contributed by atoms with Crippen molar-refractivity contribution < 1.29 is 18.8 Å². The fourth-order valence-corrected chi connectivity index (χ4v) is 2.31. The molecule has 0 saturated carbocycles. The van der Waals surface area contributed by atoms with Crippen molar-refractivity contribution in [2.75, 3.05) is 26.8 Å². The second-order valence-corrected chi connectivity index (χ2v) is 5.19.